The molecule has 0 spiro atoms. The average Bonchev–Trinajstić information content (AvgIpc) is 3.31. The fourth-order valence-corrected chi connectivity index (χ4v) is 4.93. The van der Waals surface area contributed by atoms with Crippen molar-refractivity contribution in [3.63, 3.8) is 0 Å². The number of carbonyl (C=O) groups excluding carboxylic acids is 3. The van der Waals surface area contributed by atoms with Crippen LogP contribution in [0.3, 0.4) is 0 Å². The number of ether oxygens (including phenoxy) is 1. The summed E-state index contributed by atoms with van der Waals surface area (Å²) in [5.41, 5.74) is 2.26. The fraction of sp³-hybridized carbons (Fsp3) is 0.455. The minimum atomic E-state index is -0.510. The second-order valence-corrected chi connectivity index (χ2v) is 8.39. The molecule has 2 amide bonds. The molecule has 154 valence electrons. The number of aromatic nitrogens is 1. The maximum atomic E-state index is 12.2. The lowest BCUT2D eigenvalue weighted by Crippen LogP contribution is -2.33. The number of hydrogen-bond donors (Lipinski definition) is 0. The first-order valence-electron chi connectivity index (χ1n) is 9.95. The van der Waals surface area contributed by atoms with Crippen molar-refractivity contribution in [2.75, 3.05) is 4.90 Å². The number of thiazole rings is 1. The minimum Gasteiger partial charge on any atom is -0.424 e. The number of rotatable bonds is 5. The van der Waals surface area contributed by atoms with Gasteiger partial charge in [0, 0.05) is 26.7 Å². The van der Waals surface area contributed by atoms with E-state index in [1.807, 2.05) is 6.07 Å². The van der Waals surface area contributed by atoms with Crippen LogP contribution in [0.1, 0.15) is 70.0 Å². The van der Waals surface area contributed by atoms with Crippen LogP contribution >= 0.6 is 11.3 Å². The number of aryl methyl sites for hydroxylation is 1. The predicted octanol–water partition coefficient (Wildman–Crippen LogP) is 4.85. The zero-order valence-corrected chi connectivity index (χ0v) is 18.1. The van der Waals surface area contributed by atoms with Crippen LogP contribution in [0.4, 0.5) is 5.69 Å². The van der Waals surface area contributed by atoms with Crippen molar-refractivity contribution in [2.45, 2.75) is 65.7 Å². The van der Waals surface area contributed by atoms with E-state index >= 15 is 0 Å². The first-order chi connectivity index (χ1) is 13.8. The van der Waals surface area contributed by atoms with Crippen LogP contribution in [0.15, 0.2) is 18.2 Å². The molecule has 1 fully saturated rings. The number of anilines is 1. The van der Waals surface area contributed by atoms with Crippen LogP contribution < -0.4 is 9.64 Å². The first-order valence-corrected chi connectivity index (χ1v) is 10.8. The normalized spacial score (nSPS) is 14.1. The molecule has 0 atom stereocenters. The molecule has 1 heterocycles. The topological polar surface area (TPSA) is 76.6 Å². The van der Waals surface area contributed by atoms with E-state index in [9.17, 15) is 14.4 Å². The summed E-state index contributed by atoms with van der Waals surface area (Å²) in [7, 11) is 0. The summed E-state index contributed by atoms with van der Waals surface area (Å²) >= 11 is 1.65. The first kappa shape index (κ1) is 21.2. The number of amides is 2. The number of imide groups is 1. The van der Waals surface area contributed by atoms with Crippen molar-refractivity contribution in [3.8, 4) is 16.2 Å². The molecular formula is C22H26N2O4S. The van der Waals surface area contributed by atoms with Crippen LogP contribution in [-0.4, -0.2) is 22.8 Å². The lowest BCUT2D eigenvalue weighted by Gasteiger charge is -2.21. The van der Waals surface area contributed by atoms with Crippen LogP contribution in [0.25, 0.3) is 10.4 Å². The molecule has 7 heteroatoms. The molecule has 29 heavy (non-hydrogen) atoms. The summed E-state index contributed by atoms with van der Waals surface area (Å²) in [6, 6.07) is 5.27. The number of carbonyl (C=O) groups is 3. The van der Waals surface area contributed by atoms with Gasteiger partial charge in [0.15, 0.2) is 5.75 Å². The zero-order valence-electron chi connectivity index (χ0n) is 17.3. The van der Waals surface area contributed by atoms with Gasteiger partial charge < -0.3 is 4.74 Å². The summed E-state index contributed by atoms with van der Waals surface area (Å²) in [6.45, 7) is 6.01. The Balaban J connectivity index is 2.15. The molecule has 0 N–H and O–H groups in total. The average molecular weight is 415 g/mol. The van der Waals surface area contributed by atoms with Crippen molar-refractivity contribution in [2.24, 2.45) is 0 Å². The van der Waals surface area contributed by atoms with Gasteiger partial charge in [0.25, 0.3) is 0 Å². The highest BCUT2D eigenvalue weighted by molar-refractivity contribution is 7.15. The van der Waals surface area contributed by atoms with E-state index in [1.165, 1.54) is 33.6 Å². The van der Waals surface area contributed by atoms with Gasteiger partial charge in [-0.25, -0.2) is 9.88 Å². The second kappa shape index (κ2) is 8.86. The van der Waals surface area contributed by atoms with E-state index in [0.717, 1.165) is 45.3 Å². The second-order valence-electron chi connectivity index (χ2n) is 7.31. The van der Waals surface area contributed by atoms with Gasteiger partial charge >= 0.3 is 5.97 Å². The summed E-state index contributed by atoms with van der Waals surface area (Å²) in [5, 5.41) is 1.07. The molecular weight excluding hydrogens is 388 g/mol. The van der Waals surface area contributed by atoms with Gasteiger partial charge in [-0.3, -0.25) is 14.4 Å². The summed E-state index contributed by atoms with van der Waals surface area (Å²) in [6.07, 6.45) is 5.54. The Hall–Kier alpha value is -2.54. The molecule has 0 radical (unpaired) electrons. The summed E-state index contributed by atoms with van der Waals surface area (Å²) in [5.74, 6) is -0.747. The Kier molecular flexibility index (Phi) is 6.47. The number of esters is 1. The maximum Gasteiger partial charge on any atom is 0.308 e. The van der Waals surface area contributed by atoms with Gasteiger partial charge in [-0.1, -0.05) is 19.8 Å². The molecule has 0 unspecified atom stereocenters. The highest BCUT2D eigenvalue weighted by Gasteiger charge is 2.27. The van der Waals surface area contributed by atoms with Gasteiger partial charge in [0.1, 0.15) is 0 Å². The molecule has 1 aliphatic carbocycles. The standard InChI is InChI=1S/C22H26N2O4S/c1-5-20-23-21(16-8-6-7-9-16)22(29-20)17-10-11-19(28-15(4)27)18(12-17)24(13(2)25)14(3)26/h10-12,16H,5-9H2,1-4H3. The highest BCUT2D eigenvalue weighted by atomic mass is 32.1. The van der Waals surface area contributed by atoms with E-state index < -0.39 is 17.8 Å². The zero-order chi connectivity index (χ0) is 21.1. The number of benzene rings is 1. The molecule has 3 rings (SSSR count). The molecule has 1 saturated carbocycles. The van der Waals surface area contributed by atoms with Gasteiger partial charge in [0.05, 0.1) is 21.3 Å². The molecule has 6 nitrogen and oxygen atoms in total. The number of hydrogen-bond acceptors (Lipinski definition) is 6. The third-order valence-corrected chi connectivity index (χ3v) is 6.35. The Labute approximate surface area is 174 Å². The van der Waals surface area contributed by atoms with Crippen LogP contribution in [0, 0.1) is 0 Å². The van der Waals surface area contributed by atoms with E-state index in [1.54, 1.807) is 23.5 Å². The molecule has 1 aromatic heterocycles. The van der Waals surface area contributed by atoms with Crippen molar-refractivity contribution >= 4 is 34.8 Å². The minimum absolute atomic E-state index is 0.189. The largest absolute Gasteiger partial charge is 0.424 e. The summed E-state index contributed by atoms with van der Waals surface area (Å²) in [4.78, 5) is 42.8. The maximum absolute atomic E-state index is 12.2. The van der Waals surface area contributed by atoms with Crippen LogP contribution in [-0.2, 0) is 20.8 Å². The Morgan fingerprint density at radius 1 is 1.14 bits per heavy atom. The van der Waals surface area contributed by atoms with E-state index in [-0.39, 0.29) is 11.4 Å². The SMILES string of the molecule is CCc1nc(C2CCCC2)c(-c2ccc(OC(C)=O)c(N(C(C)=O)C(C)=O)c2)s1. The van der Waals surface area contributed by atoms with Crippen LogP contribution in [0.2, 0.25) is 0 Å². The quantitative estimate of drug-likeness (QED) is 0.516. The molecule has 1 aromatic carbocycles. The fourth-order valence-electron chi connectivity index (χ4n) is 3.85. The van der Waals surface area contributed by atoms with Gasteiger partial charge in [-0.2, -0.15) is 0 Å². The van der Waals surface area contributed by atoms with E-state index in [0.29, 0.717) is 5.92 Å². The van der Waals surface area contributed by atoms with Crippen molar-refractivity contribution in [1.82, 2.24) is 4.98 Å². The Morgan fingerprint density at radius 3 is 2.34 bits per heavy atom. The third kappa shape index (κ3) is 4.56. The molecule has 2 aromatic rings. The van der Waals surface area contributed by atoms with Gasteiger partial charge in [-0.15, -0.1) is 11.3 Å². The van der Waals surface area contributed by atoms with Gasteiger partial charge in [0.2, 0.25) is 11.8 Å². The Morgan fingerprint density at radius 2 is 1.79 bits per heavy atom. The summed E-state index contributed by atoms with van der Waals surface area (Å²) < 4.78 is 5.28. The van der Waals surface area contributed by atoms with Crippen molar-refractivity contribution < 1.29 is 19.1 Å². The van der Waals surface area contributed by atoms with E-state index in [4.69, 9.17) is 9.72 Å². The molecule has 0 bridgehead atoms. The van der Waals surface area contributed by atoms with Crippen LogP contribution in [0.5, 0.6) is 5.75 Å². The predicted molar refractivity (Wildman–Crippen MR) is 113 cm³/mol. The smallest absolute Gasteiger partial charge is 0.308 e. The highest BCUT2D eigenvalue weighted by Crippen LogP contribution is 2.43. The molecule has 0 aliphatic heterocycles. The van der Waals surface area contributed by atoms with Crippen molar-refractivity contribution in [3.05, 3.63) is 28.9 Å². The number of nitrogens with zero attached hydrogens (tertiary/aromatic N) is 2. The third-order valence-electron chi connectivity index (χ3n) is 5.09. The monoisotopic (exact) mass is 414 g/mol. The molecule has 1 aliphatic rings. The lowest BCUT2D eigenvalue weighted by atomic mass is 9.99. The molecule has 0 saturated heterocycles. The van der Waals surface area contributed by atoms with E-state index in [2.05, 4.69) is 6.92 Å². The Bertz CT molecular complexity index is 930. The lowest BCUT2D eigenvalue weighted by molar-refractivity contribution is -0.132. The van der Waals surface area contributed by atoms with Gasteiger partial charge in [-0.05, 0) is 43.0 Å². The van der Waals surface area contributed by atoms with Crippen molar-refractivity contribution in [1.29, 1.82) is 0 Å².